The molecule has 1 N–H and O–H groups in total. The van der Waals surface area contributed by atoms with Gasteiger partial charge >= 0.3 is 0 Å². The first kappa shape index (κ1) is 14.1. The molecule has 0 radical (unpaired) electrons. The van der Waals surface area contributed by atoms with Crippen molar-refractivity contribution in [1.29, 1.82) is 0 Å². The molecule has 2 aliphatic carbocycles. The van der Waals surface area contributed by atoms with Gasteiger partial charge < -0.3 is 5.32 Å². The van der Waals surface area contributed by atoms with Crippen LogP contribution in [0.15, 0.2) is 22.8 Å². The van der Waals surface area contributed by atoms with Gasteiger partial charge in [0.25, 0.3) is 5.91 Å². The maximum atomic E-state index is 12.4. The summed E-state index contributed by atoms with van der Waals surface area (Å²) in [6.07, 6.45) is 5.26. The zero-order valence-corrected chi connectivity index (χ0v) is 13.8. The molecule has 2 saturated carbocycles. The Morgan fingerprint density at radius 1 is 1.45 bits per heavy atom. The molecule has 3 unspecified atom stereocenters. The van der Waals surface area contributed by atoms with E-state index in [1.165, 1.54) is 12.8 Å². The quantitative estimate of drug-likeness (QED) is 0.892. The molecular formula is C16H21BrN2O. The van der Waals surface area contributed by atoms with Crippen LogP contribution in [-0.2, 0) is 0 Å². The fraction of sp³-hybridized carbons (Fsp3) is 0.625. The molecule has 0 saturated heterocycles. The van der Waals surface area contributed by atoms with Gasteiger partial charge in [0, 0.05) is 16.7 Å². The molecule has 1 aromatic heterocycles. The summed E-state index contributed by atoms with van der Waals surface area (Å²) in [5, 5.41) is 3.23. The van der Waals surface area contributed by atoms with Crippen LogP contribution < -0.4 is 5.32 Å². The van der Waals surface area contributed by atoms with Gasteiger partial charge in [0.2, 0.25) is 0 Å². The minimum absolute atomic E-state index is 0.0629. The maximum Gasteiger partial charge on any atom is 0.271 e. The van der Waals surface area contributed by atoms with Crippen LogP contribution in [0.4, 0.5) is 0 Å². The number of nitrogens with zero attached hydrogens (tertiary/aromatic N) is 1. The topological polar surface area (TPSA) is 42.0 Å². The van der Waals surface area contributed by atoms with Gasteiger partial charge in [-0.2, -0.15) is 0 Å². The molecule has 2 fully saturated rings. The van der Waals surface area contributed by atoms with Gasteiger partial charge in [-0.15, -0.1) is 0 Å². The summed E-state index contributed by atoms with van der Waals surface area (Å²) in [5.41, 5.74) is 0.998. The molecule has 1 heterocycles. The Morgan fingerprint density at radius 3 is 2.75 bits per heavy atom. The zero-order valence-electron chi connectivity index (χ0n) is 12.2. The number of rotatable bonds is 2. The van der Waals surface area contributed by atoms with Gasteiger partial charge in [-0.25, -0.2) is 4.98 Å². The van der Waals surface area contributed by atoms with Crippen LogP contribution in [0.2, 0.25) is 0 Å². The number of hydrogen-bond acceptors (Lipinski definition) is 2. The van der Waals surface area contributed by atoms with Crippen molar-refractivity contribution in [2.45, 2.75) is 46.1 Å². The average Bonchev–Trinajstić information content (AvgIpc) is 2.72. The highest BCUT2D eigenvalue weighted by Gasteiger charge is 2.61. The minimum Gasteiger partial charge on any atom is -0.347 e. The Labute approximate surface area is 128 Å². The summed E-state index contributed by atoms with van der Waals surface area (Å²) in [6.45, 7) is 7.04. The summed E-state index contributed by atoms with van der Waals surface area (Å²) in [7, 11) is 0. The summed E-state index contributed by atoms with van der Waals surface area (Å²) in [4.78, 5) is 16.6. The summed E-state index contributed by atoms with van der Waals surface area (Å²) >= 11 is 3.40. The zero-order chi connectivity index (χ0) is 14.5. The molecule has 3 nitrogen and oxygen atoms in total. The van der Waals surface area contributed by atoms with Gasteiger partial charge in [-0.3, -0.25) is 4.79 Å². The third-order valence-electron chi connectivity index (χ3n) is 6.07. The van der Waals surface area contributed by atoms with E-state index in [0.717, 1.165) is 16.8 Å². The van der Waals surface area contributed by atoms with Crippen LogP contribution in [0.1, 0.15) is 50.5 Å². The second-order valence-corrected chi connectivity index (χ2v) is 7.82. The van der Waals surface area contributed by atoms with E-state index in [4.69, 9.17) is 0 Å². The number of hydrogen-bond donors (Lipinski definition) is 1. The molecule has 0 spiro atoms. The third-order valence-corrected chi connectivity index (χ3v) is 6.71. The molecule has 20 heavy (non-hydrogen) atoms. The predicted octanol–water partition coefficient (Wildman–Crippen LogP) is 3.79. The van der Waals surface area contributed by atoms with Crippen molar-refractivity contribution < 1.29 is 4.79 Å². The third kappa shape index (κ3) is 1.84. The standard InChI is InChI=1S/C16H21BrN2O/c1-15(2)10-6-7-16(15,3)12(9-10)19-14(20)13-11(17)5-4-8-18-13/h4-5,8,10,12H,6-7,9H2,1-3H3,(H,19,20). The predicted molar refractivity (Wildman–Crippen MR) is 82.4 cm³/mol. The van der Waals surface area contributed by atoms with Crippen molar-refractivity contribution in [2.24, 2.45) is 16.7 Å². The Bertz CT molecular complexity index is 557. The molecule has 108 valence electrons. The average molecular weight is 337 g/mol. The van der Waals surface area contributed by atoms with Crippen LogP contribution in [-0.4, -0.2) is 16.9 Å². The van der Waals surface area contributed by atoms with E-state index in [1.54, 1.807) is 6.20 Å². The lowest BCUT2D eigenvalue weighted by atomic mass is 9.69. The number of pyridine rings is 1. The van der Waals surface area contributed by atoms with E-state index < -0.39 is 0 Å². The van der Waals surface area contributed by atoms with Crippen molar-refractivity contribution in [3.63, 3.8) is 0 Å². The van der Waals surface area contributed by atoms with E-state index in [1.807, 2.05) is 12.1 Å². The smallest absolute Gasteiger partial charge is 0.271 e. The molecule has 4 heteroatoms. The normalized spacial score (nSPS) is 34.2. The van der Waals surface area contributed by atoms with Gasteiger partial charge in [-0.1, -0.05) is 20.8 Å². The molecule has 0 aromatic carbocycles. The van der Waals surface area contributed by atoms with E-state index in [2.05, 4.69) is 47.0 Å². The fourth-order valence-electron chi connectivity index (χ4n) is 4.20. The molecular weight excluding hydrogens is 316 g/mol. The number of carbonyl (C=O) groups excluding carboxylic acids is 1. The lowest BCUT2D eigenvalue weighted by Crippen LogP contribution is -2.47. The SMILES string of the molecule is CC1(C)C2CCC1(C)C(NC(=O)c1ncccc1Br)C2. The molecule has 0 aliphatic heterocycles. The Balaban J connectivity index is 1.81. The van der Waals surface area contributed by atoms with Crippen LogP contribution in [0, 0.1) is 16.7 Å². The van der Waals surface area contributed by atoms with Crippen LogP contribution in [0.3, 0.4) is 0 Å². The van der Waals surface area contributed by atoms with Gasteiger partial charge in [0.05, 0.1) is 0 Å². The summed E-state index contributed by atoms with van der Waals surface area (Å²) in [5.74, 6) is 0.664. The van der Waals surface area contributed by atoms with E-state index in [-0.39, 0.29) is 17.4 Å². The molecule has 1 aromatic rings. The number of carbonyl (C=O) groups is 1. The lowest BCUT2D eigenvalue weighted by molar-refractivity contribution is 0.0821. The largest absolute Gasteiger partial charge is 0.347 e. The maximum absolute atomic E-state index is 12.4. The second-order valence-electron chi connectivity index (χ2n) is 6.97. The summed E-state index contributed by atoms with van der Waals surface area (Å²) < 4.78 is 0.755. The second kappa shape index (κ2) is 4.55. The van der Waals surface area contributed by atoms with Gasteiger partial charge in [0.15, 0.2) is 0 Å². The van der Waals surface area contributed by atoms with E-state index >= 15 is 0 Å². The number of nitrogens with one attached hydrogen (secondary N) is 1. The number of amides is 1. The highest BCUT2D eigenvalue weighted by atomic mass is 79.9. The van der Waals surface area contributed by atoms with E-state index in [0.29, 0.717) is 11.1 Å². The first-order chi connectivity index (χ1) is 9.36. The molecule has 3 rings (SSSR count). The molecule has 2 bridgehead atoms. The summed E-state index contributed by atoms with van der Waals surface area (Å²) in [6, 6.07) is 3.94. The van der Waals surface area contributed by atoms with Crippen molar-refractivity contribution in [3.05, 3.63) is 28.5 Å². The van der Waals surface area contributed by atoms with Crippen LogP contribution in [0.5, 0.6) is 0 Å². The van der Waals surface area contributed by atoms with Crippen molar-refractivity contribution in [2.75, 3.05) is 0 Å². The molecule has 1 amide bonds. The highest BCUT2D eigenvalue weighted by molar-refractivity contribution is 9.10. The first-order valence-electron chi connectivity index (χ1n) is 7.27. The van der Waals surface area contributed by atoms with E-state index in [9.17, 15) is 4.79 Å². The first-order valence-corrected chi connectivity index (χ1v) is 8.07. The Morgan fingerprint density at radius 2 is 2.20 bits per heavy atom. The minimum atomic E-state index is -0.0629. The van der Waals surface area contributed by atoms with Gasteiger partial charge in [-0.05, 0) is 64.1 Å². The number of halogens is 1. The Kier molecular flexibility index (Phi) is 3.20. The number of aromatic nitrogens is 1. The van der Waals surface area contributed by atoms with Crippen LogP contribution >= 0.6 is 15.9 Å². The van der Waals surface area contributed by atoms with Crippen molar-refractivity contribution in [1.82, 2.24) is 10.3 Å². The monoisotopic (exact) mass is 336 g/mol. The lowest BCUT2D eigenvalue weighted by Gasteiger charge is -2.39. The van der Waals surface area contributed by atoms with Crippen molar-refractivity contribution in [3.8, 4) is 0 Å². The highest BCUT2D eigenvalue weighted by Crippen LogP contribution is 2.65. The molecule has 3 atom stereocenters. The Hall–Kier alpha value is -0.900. The fourth-order valence-corrected chi connectivity index (χ4v) is 4.64. The molecule has 2 aliphatic rings. The number of fused-ring (bicyclic) bond motifs is 2. The van der Waals surface area contributed by atoms with Crippen molar-refractivity contribution >= 4 is 21.8 Å². The van der Waals surface area contributed by atoms with Gasteiger partial charge in [0.1, 0.15) is 5.69 Å². The van der Waals surface area contributed by atoms with Crippen LogP contribution in [0.25, 0.3) is 0 Å².